The Hall–Kier alpha value is -3.52. The normalized spacial score (nSPS) is 40.5. The number of aliphatic hydroxyl groups is 1. The van der Waals surface area contributed by atoms with Gasteiger partial charge in [-0.15, -0.1) is 0 Å². The number of hydrogen-bond donors (Lipinski definition) is 1. The second-order valence-corrected chi connectivity index (χ2v) is 14.3. The Morgan fingerprint density at radius 2 is 1.40 bits per heavy atom. The Kier molecular flexibility index (Phi) is 10.4. The van der Waals surface area contributed by atoms with Crippen LogP contribution in [-0.4, -0.2) is 95.4 Å². The van der Waals surface area contributed by atoms with Crippen LogP contribution in [0.4, 0.5) is 0 Å². The molecular formula is C34H48O14. The zero-order valence-electron chi connectivity index (χ0n) is 29.1. The maximum Gasteiger partial charge on any atom is 0.312 e. The maximum atomic E-state index is 13.4. The highest BCUT2D eigenvalue weighted by molar-refractivity contribution is 5.77. The lowest BCUT2D eigenvalue weighted by atomic mass is 9.51. The smallest absolute Gasteiger partial charge is 0.312 e. The third-order valence-electron chi connectivity index (χ3n) is 10.5. The van der Waals surface area contributed by atoms with Gasteiger partial charge in [-0.25, -0.2) is 0 Å². The van der Waals surface area contributed by atoms with Crippen molar-refractivity contribution in [2.75, 3.05) is 6.61 Å². The number of ether oxygens (including phenoxy) is 7. The van der Waals surface area contributed by atoms with E-state index in [1.807, 2.05) is 13.8 Å². The highest BCUT2D eigenvalue weighted by Gasteiger charge is 2.79. The molecule has 2 aliphatic carbocycles. The van der Waals surface area contributed by atoms with E-state index >= 15 is 0 Å². The highest BCUT2D eigenvalue weighted by atomic mass is 16.6. The molecule has 4 aliphatic rings. The minimum Gasteiger partial charge on any atom is -0.462 e. The highest BCUT2D eigenvalue weighted by Crippen LogP contribution is 2.63. The van der Waals surface area contributed by atoms with Gasteiger partial charge in [-0.3, -0.25) is 28.8 Å². The van der Waals surface area contributed by atoms with Crippen LogP contribution in [-0.2, 0) is 61.9 Å². The zero-order valence-corrected chi connectivity index (χ0v) is 29.1. The summed E-state index contributed by atoms with van der Waals surface area (Å²) in [6, 6.07) is 0. The predicted octanol–water partition coefficient (Wildman–Crippen LogP) is 2.35. The van der Waals surface area contributed by atoms with Crippen LogP contribution in [0.25, 0.3) is 0 Å². The third kappa shape index (κ3) is 6.57. The molecule has 268 valence electrons. The van der Waals surface area contributed by atoms with Crippen LogP contribution in [0.15, 0.2) is 12.2 Å². The van der Waals surface area contributed by atoms with Crippen molar-refractivity contribution < 1.29 is 67.0 Å². The summed E-state index contributed by atoms with van der Waals surface area (Å²) in [4.78, 5) is 77.5. The summed E-state index contributed by atoms with van der Waals surface area (Å²) in [6.07, 6.45) is -7.99. The van der Waals surface area contributed by atoms with Crippen LogP contribution in [0.2, 0.25) is 0 Å². The second-order valence-electron chi connectivity index (χ2n) is 14.3. The van der Waals surface area contributed by atoms with Gasteiger partial charge in [0.2, 0.25) is 0 Å². The van der Waals surface area contributed by atoms with Gasteiger partial charge in [0.15, 0.2) is 5.60 Å². The molecule has 14 heteroatoms. The molecule has 0 aromatic carbocycles. The number of carbonyl (C=O) groups is 6. The van der Waals surface area contributed by atoms with Crippen molar-refractivity contribution in [3.05, 3.63) is 12.2 Å². The molecular weight excluding hydrogens is 632 g/mol. The van der Waals surface area contributed by atoms with Gasteiger partial charge in [0, 0.05) is 58.8 Å². The predicted molar refractivity (Wildman–Crippen MR) is 163 cm³/mol. The van der Waals surface area contributed by atoms with E-state index in [0.717, 1.165) is 6.92 Å². The van der Waals surface area contributed by atoms with Crippen molar-refractivity contribution in [3.8, 4) is 0 Å². The molecule has 2 aliphatic heterocycles. The molecule has 1 spiro atoms. The maximum absolute atomic E-state index is 13.4. The molecule has 2 saturated carbocycles. The van der Waals surface area contributed by atoms with Gasteiger partial charge in [0.1, 0.15) is 42.2 Å². The number of carbonyl (C=O) groups excluding carboxylic acids is 6. The van der Waals surface area contributed by atoms with E-state index < -0.39 is 107 Å². The van der Waals surface area contributed by atoms with E-state index in [1.54, 1.807) is 13.8 Å². The summed E-state index contributed by atoms with van der Waals surface area (Å²) < 4.78 is 41.7. The average molecular weight is 681 g/mol. The number of hydrogen-bond acceptors (Lipinski definition) is 14. The van der Waals surface area contributed by atoms with Gasteiger partial charge in [-0.05, 0) is 18.4 Å². The minimum atomic E-state index is -2.29. The number of epoxide rings is 1. The number of fused-ring (bicyclic) bond motifs is 3. The first-order valence-electron chi connectivity index (χ1n) is 16.3. The Bertz CT molecular complexity index is 1350. The monoisotopic (exact) mass is 680 g/mol. The quantitative estimate of drug-likeness (QED) is 0.178. The first kappa shape index (κ1) is 37.3. The average Bonchev–Trinajstić information content (AvgIpc) is 3.70. The second kappa shape index (κ2) is 13.4. The fourth-order valence-corrected chi connectivity index (χ4v) is 8.14. The van der Waals surface area contributed by atoms with Crippen molar-refractivity contribution >= 4 is 35.8 Å². The van der Waals surface area contributed by atoms with Crippen LogP contribution in [0.1, 0.15) is 81.6 Å². The van der Waals surface area contributed by atoms with Crippen LogP contribution in [0.5, 0.6) is 0 Å². The van der Waals surface area contributed by atoms with Crippen LogP contribution >= 0.6 is 0 Å². The zero-order chi connectivity index (χ0) is 36.1. The Morgan fingerprint density at radius 3 is 1.88 bits per heavy atom. The molecule has 1 N–H and O–H groups in total. The largest absolute Gasteiger partial charge is 0.462 e. The van der Waals surface area contributed by atoms with Gasteiger partial charge in [-0.1, -0.05) is 34.3 Å². The standard InChI is InChI=1S/C34H48O14/c1-15(2)11-27(39)47-26-13-25(45-21(8)37)32(10)24(44-20(7)36)12-23(43-19(6)35)16(3)17(4)29-34(41,18(5)31(40)48-29)30(46-22(9)38)28(32)33(26)14-42-33/h15,17-18,23-26,28-30,41H,3,11-14H2,1-2,4-10H3/t17-,18-,23+,24-,25-,26+,28+,29-,30-,32-,33+,34-/m0/s1. The number of esters is 6. The van der Waals surface area contributed by atoms with Gasteiger partial charge in [-0.2, -0.15) is 0 Å². The van der Waals surface area contributed by atoms with Crippen molar-refractivity contribution in [1.82, 2.24) is 0 Å². The molecule has 4 rings (SSSR count). The summed E-state index contributed by atoms with van der Waals surface area (Å²) in [5.41, 5.74) is -5.15. The van der Waals surface area contributed by atoms with Gasteiger partial charge < -0.3 is 38.3 Å². The molecule has 4 fully saturated rings. The van der Waals surface area contributed by atoms with Crippen LogP contribution in [0.3, 0.4) is 0 Å². The molecule has 2 saturated heterocycles. The van der Waals surface area contributed by atoms with Crippen LogP contribution < -0.4 is 0 Å². The van der Waals surface area contributed by atoms with Gasteiger partial charge in [0.05, 0.1) is 17.9 Å². The fraction of sp³-hybridized carbons (Fsp3) is 0.765. The van der Waals surface area contributed by atoms with E-state index in [-0.39, 0.29) is 37.4 Å². The lowest BCUT2D eigenvalue weighted by Gasteiger charge is -2.58. The number of rotatable bonds is 7. The molecule has 0 aromatic rings. The van der Waals surface area contributed by atoms with E-state index in [2.05, 4.69) is 6.58 Å². The lowest BCUT2D eigenvalue weighted by molar-refractivity contribution is -0.264. The minimum absolute atomic E-state index is 0.0518. The SMILES string of the molecule is C=C1[C@H](OC(C)=O)C[C@H](OC(C)=O)[C@@]2(C)[C@@H](OC(C)=O)C[C@@H](OC(=O)CC(C)C)[C@]3(CO3)[C@@H]2[C@H](OC(C)=O)[C@]2(O)[C@@H](C)C(=O)O[C@H]2[C@H]1C. The van der Waals surface area contributed by atoms with E-state index in [9.17, 15) is 33.9 Å². The van der Waals surface area contributed by atoms with Crippen molar-refractivity contribution in [3.63, 3.8) is 0 Å². The van der Waals surface area contributed by atoms with Gasteiger partial charge >= 0.3 is 35.8 Å². The van der Waals surface area contributed by atoms with E-state index in [4.69, 9.17) is 33.2 Å². The Labute approximate surface area is 280 Å². The molecule has 14 nitrogen and oxygen atoms in total. The third-order valence-corrected chi connectivity index (χ3v) is 10.5. The molecule has 0 bridgehead atoms. The summed E-state index contributed by atoms with van der Waals surface area (Å²) in [5, 5.41) is 12.9. The Balaban J connectivity index is 2.09. The Morgan fingerprint density at radius 1 is 0.875 bits per heavy atom. The van der Waals surface area contributed by atoms with Crippen molar-refractivity contribution in [2.24, 2.45) is 29.1 Å². The summed E-state index contributed by atoms with van der Waals surface area (Å²) in [6.45, 7) is 17.1. The molecule has 0 radical (unpaired) electrons. The van der Waals surface area contributed by atoms with Crippen molar-refractivity contribution in [2.45, 2.75) is 129 Å². The topological polar surface area (TPSA) is 191 Å². The van der Waals surface area contributed by atoms with E-state index in [1.165, 1.54) is 27.7 Å². The molecule has 48 heavy (non-hydrogen) atoms. The first-order valence-corrected chi connectivity index (χ1v) is 16.3. The molecule has 2 heterocycles. The molecule has 12 atom stereocenters. The van der Waals surface area contributed by atoms with Gasteiger partial charge in [0.25, 0.3) is 0 Å². The van der Waals surface area contributed by atoms with Crippen molar-refractivity contribution in [1.29, 1.82) is 0 Å². The summed E-state index contributed by atoms with van der Waals surface area (Å²) in [5.74, 6) is -7.82. The lowest BCUT2D eigenvalue weighted by Crippen LogP contribution is -2.73. The first-order chi connectivity index (χ1) is 22.2. The molecule has 0 aromatic heterocycles. The molecule has 0 amide bonds. The summed E-state index contributed by atoms with van der Waals surface area (Å²) in [7, 11) is 0. The fourth-order valence-electron chi connectivity index (χ4n) is 8.14. The summed E-state index contributed by atoms with van der Waals surface area (Å²) >= 11 is 0. The van der Waals surface area contributed by atoms with Crippen LogP contribution in [0, 0.1) is 29.1 Å². The van der Waals surface area contributed by atoms with E-state index in [0.29, 0.717) is 0 Å². The molecule has 0 unspecified atom stereocenters.